The van der Waals surface area contributed by atoms with E-state index in [0.717, 1.165) is 16.6 Å². The maximum absolute atomic E-state index is 5.81. The number of aromatic nitrogens is 1. The van der Waals surface area contributed by atoms with Gasteiger partial charge in [0.1, 0.15) is 0 Å². The van der Waals surface area contributed by atoms with Crippen molar-refractivity contribution in [2.75, 3.05) is 6.61 Å². The topological polar surface area (TPSA) is 48.1 Å². The first-order chi connectivity index (χ1) is 8.29. The molecule has 94 valence electrons. The molecular weight excluding hydrogens is 280 g/mol. The Morgan fingerprint density at radius 2 is 2.12 bits per heavy atom. The van der Waals surface area contributed by atoms with Gasteiger partial charge < -0.3 is 10.5 Å². The van der Waals surface area contributed by atoms with Gasteiger partial charge in [-0.2, -0.15) is 0 Å². The summed E-state index contributed by atoms with van der Waals surface area (Å²) in [5.74, 6) is 1.39. The molecule has 0 saturated heterocycles. The first-order valence-electron chi connectivity index (χ1n) is 6.27. The largest absolute Gasteiger partial charge is 0.477 e. The van der Waals surface area contributed by atoms with Crippen LogP contribution in [0.15, 0.2) is 16.7 Å². The number of hydrogen-bond donors (Lipinski definition) is 1. The first-order valence-corrected chi connectivity index (χ1v) is 7.06. The third-order valence-electron chi connectivity index (χ3n) is 3.29. The molecule has 4 heteroatoms. The fourth-order valence-corrected chi connectivity index (χ4v) is 2.67. The molecule has 1 heterocycles. The molecule has 0 radical (unpaired) electrons. The van der Waals surface area contributed by atoms with Crippen molar-refractivity contribution in [2.24, 2.45) is 11.7 Å². The number of ether oxygens (including phenoxy) is 1. The van der Waals surface area contributed by atoms with Gasteiger partial charge in [0, 0.05) is 22.8 Å². The van der Waals surface area contributed by atoms with Gasteiger partial charge in [0.25, 0.3) is 0 Å². The second-order valence-electron chi connectivity index (χ2n) is 4.64. The molecule has 1 aliphatic carbocycles. The van der Waals surface area contributed by atoms with Gasteiger partial charge in [0.2, 0.25) is 5.88 Å². The van der Waals surface area contributed by atoms with Crippen LogP contribution in [0.2, 0.25) is 0 Å². The summed E-state index contributed by atoms with van der Waals surface area (Å²) >= 11 is 3.39. The molecule has 1 aliphatic rings. The minimum atomic E-state index is 0.465. The van der Waals surface area contributed by atoms with E-state index in [9.17, 15) is 0 Å². The highest BCUT2D eigenvalue weighted by molar-refractivity contribution is 9.10. The molecular formula is C13H19BrN2O. The van der Waals surface area contributed by atoms with E-state index in [1.807, 2.05) is 6.07 Å². The summed E-state index contributed by atoms with van der Waals surface area (Å²) in [6, 6.07) is 1.98. The number of nitrogens with zero attached hydrogens (tertiary/aromatic N) is 1. The number of hydrogen-bond acceptors (Lipinski definition) is 3. The van der Waals surface area contributed by atoms with Crippen molar-refractivity contribution < 1.29 is 4.74 Å². The van der Waals surface area contributed by atoms with Crippen molar-refractivity contribution in [3.63, 3.8) is 0 Å². The Bertz CT molecular complexity index is 364. The lowest BCUT2D eigenvalue weighted by Gasteiger charge is -2.21. The molecule has 0 aliphatic heterocycles. The van der Waals surface area contributed by atoms with Crippen LogP contribution in [-0.2, 0) is 6.54 Å². The van der Waals surface area contributed by atoms with Crippen LogP contribution in [-0.4, -0.2) is 11.6 Å². The second kappa shape index (κ2) is 6.36. The molecule has 17 heavy (non-hydrogen) atoms. The van der Waals surface area contributed by atoms with Crippen molar-refractivity contribution in [2.45, 2.75) is 38.6 Å². The molecule has 0 amide bonds. The normalized spacial score (nSPS) is 17.1. The van der Waals surface area contributed by atoms with Gasteiger partial charge in [0.15, 0.2) is 0 Å². The first kappa shape index (κ1) is 12.8. The molecule has 1 saturated carbocycles. The Balaban J connectivity index is 1.93. The molecule has 1 fully saturated rings. The zero-order chi connectivity index (χ0) is 12.1. The fourth-order valence-electron chi connectivity index (χ4n) is 2.30. The smallest absolute Gasteiger partial charge is 0.217 e. The van der Waals surface area contributed by atoms with Crippen LogP contribution in [0.5, 0.6) is 5.88 Å². The predicted molar refractivity (Wildman–Crippen MR) is 71.9 cm³/mol. The minimum Gasteiger partial charge on any atom is -0.477 e. The summed E-state index contributed by atoms with van der Waals surface area (Å²) in [5, 5.41) is 0. The van der Waals surface area contributed by atoms with Crippen LogP contribution in [0.3, 0.4) is 0 Å². The molecule has 2 N–H and O–H groups in total. The molecule has 1 aromatic heterocycles. The van der Waals surface area contributed by atoms with Crippen molar-refractivity contribution in [1.29, 1.82) is 0 Å². The summed E-state index contributed by atoms with van der Waals surface area (Å²) < 4.78 is 6.76. The number of pyridine rings is 1. The molecule has 2 rings (SSSR count). The molecule has 0 atom stereocenters. The van der Waals surface area contributed by atoms with Gasteiger partial charge in [-0.3, -0.25) is 0 Å². The van der Waals surface area contributed by atoms with Gasteiger partial charge in [-0.15, -0.1) is 0 Å². The standard InChI is InChI=1S/C13H19BrN2O/c14-12-6-11(7-15)13(16-8-12)17-9-10-4-2-1-3-5-10/h6,8,10H,1-5,7,9,15H2. The van der Waals surface area contributed by atoms with Crippen LogP contribution in [0.1, 0.15) is 37.7 Å². The lowest BCUT2D eigenvalue weighted by atomic mass is 9.90. The Morgan fingerprint density at radius 1 is 1.35 bits per heavy atom. The maximum Gasteiger partial charge on any atom is 0.217 e. The van der Waals surface area contributed by atoms with Crippen LogP contribution < -0.4 is 10.5 Å². The van der Waals surface area contributed by atoms with Gasteiger partial charge in [-0.1, -0.05) is 19.3 Å². The lowest BCUT2D eigenvalue weighted by molar-refractivity contribution is 0.201. The zero-order valence-electron chi connectivity index (χ0n) is 9.99. The summed E-state index contributed by atoms with van der Waals surface area (Å²) in [6.45, 7) is 1.24. The molecule has 0 aromatic carbocycles. The minimum absolute atomic E-state index is 0.465. The molecule has 0 unspecified atom stereocenters. The molecule has 0 spiro atoms. The van der Waals surface area contributed by atoms with E-state index in [2.05, 4.69) is 20.9 Å². The molecule has 3 nitrogen and oxygen atoms in total. The Labute approximate surface area is 111 Å². The Morgan fingerprint density at radius 3 is 2.82 bits per heavy atom. The lowest BCUT2D eigenvalue weighted by Crippen LogP contribution is -2.16. The summed E-state index contributed by atoms with van der Waals surface area (Å²) in [4.78, 5) is 4.28. The average molecular weight is 299 g/mol. The van der Waals surface area contributed by atoms with Crippen LogP contribution in [0, 0.1) is 5.92 Å². The van der Waals surface area contributed by atoms with E-state index in [4.69, 9.17) is 10.5 Å². The number of halogens is 1. The number of nitrogens with two attached hydrogens (primary N) is 1. The SMILES string of the molecule is NCc1cc(Br)cnc1OCC1CCCCC1. The highest BCUT2D eigenvalue weighted by Gasteiger charge is 2.15. The van der Waals surface area contributed by atoms with Crippen molar-refractivity contribution in [3.8, 4) is 5.88 Å². The monoisotopic (exact) mass is 298 g/mol. The highest BCUT2D eigenvalue weighted by atomic mass is 79.9. The quantitative estimate of drug-likeness (QED) is 0.928. The van der Waals surface area contributed by atoms with Gasteiger partial charge in [-0.05, 0) is 40.8 Å². The van der Waals surface area contributed by atoms with E-state index >= 15 is 0 Å². The van der Waals surface area contributed by atoms with E-state index < -0.39 is 0 Å². The van der Waals surface area contributed by atoms with E-state index in [1.54, 1.807) is 6.20 Å². The van der Waals surface area contributed by atoms with Crippen LogP contribution >= 0.6 is 15.9 Å². The van der Waals surface area contributed by atoms with E-state index in [-0.39, 0.29) is 0 Å². The van der Waals surface area contributed by atoms with E-state index in [0.29, 0.717) is 18.3 Å². The van der Waals surface area contributed by atoms with Crippen LogP contribution in [0.25, 0.3) is 0 Å². The van der Waals surface area contributed by atoms with Crippen molar-refractivity contribution in [1.82, 2.24) is 4.98 Å². The van der Waals surface area contributed by atoms with Gasteiger partial charge in [0.05, 0.1) is 6.61 Å². The molecule has 0 bridgehead atoms. The zero-order valence-corrected chi connectivity index (χ0v) is 11.6. The second-order valence-corrected chi connectivity index (χ2v) is 5.55. The van der Waals surface area contributed by atoms with Crippen LogP contribution in [0.4, 0.5) is 0 Å². The van der Waals surface area contributed by atoms with Gasteiger partial charge in [-0.25, -0.2) is 4.98 Å². The third kappa shape index (κ3) is 3.68. The average Bonchev–Trinajstić information content (AvgIpc) is 2.38. The maximum atomic E-state index is 5.81. The third-order valence-corrected chi connectivity index (χ3v) is 3.73. The van der Waals surface area contributed by atoms with E-state index in [1.165, 1.54) is 32.1 Å². The Hall–Kier alpha value is -0.610. The van der Waals surface area contributed by atoms with Gasteiger partial charge >= 0.3 is 0 Å². The summed E-state index contributed by atoms with van der Waals surface area (Å²) in [5.41, 5.74) is 6.66. The predicted octanol–water partition coefficient (Wildman–Crippen LogP) is 3.26. The summed E-state index contributed by atoms with van der Waals surface area (Å²) in [6.07, 6.45) is 8.39. The highest BCUT2D eigenvalue weighted by Crippen LogP contribution is 2.25. The van der Waals surface area contributed by atoms with Crippen molar-refractivity contribution in [3.05, 3.63) is 22.3 Å². The molecule has 1 aromatic rings. The Kier molecular flexibility index (Phi) is 4.80. The van der Waals surface area contributed by atoms with Crippen molar-refractivity contribution >= 4 is 15.9 Å². The number of rotatable bonds is 4. The fraction of sp³-hybridized carbons (Fsp3) is 0.615. The summed E-state index contributed by atoms with van der Waals surface area (Å²) in [7, 11) is 0.